The fourth-order valence-corrected chi connectivity index (χ4v) is 3.57. The molecule has 2 aromatic heterocycles. The second-order valence-corrected chi connectivity index (χ2v) is 6.54. The number of carbonyl (C=O) groups excluding carboxylic acids is 1. The Balaban J connectivity index is 1.77. The molecule has 4 N–H and O–H groups in total. The van der Waals surface area contributed by atoms with Gasteiger partial charge in [-0.05, 0) is 48.3 Å². The van der Waals surface area contributed by atoms with Crippen LogP contribution in [0.5, 0.6) is 0 Å². The lowest BCUT2D eigenvalue weighted by atomic mass is 10.3. The first kappa shape index (κ1) is 15.1. The second kappa shape index (κ2) is 5.54. The Hall–Kier alpha value is -2.50. The fourth-order valence-electron chi connectivity index (χ4n) is 2.26. The van der Waals surface area contributed by atoms with Crippen molar-refractivity contribution in [3.05, 3.63) is 34.6 Å². The molecule has 0 saturated carbocycles. The number of nitrogens with two attached hydrogens (primary N) is 1. The SMILES string of the molecule is NC(=S)Nc1[nH]c(=S)nc2c1SC1=N/C(=C\c3ccco3)C(=O)N12. The number of rotatable bonds is 2. The molecule has 0 fully saturated rings. The Morgan fingerprint density at radius 2 is 2.38 bits per heavy atom. The average molecular weight is 376 g/mol. The van der Waals surface area contributed by atoms with Gasteiger partial charge in [0.15, 0.2) is 20.9 Å². The summed E-state index contributed by atoms with van der Waals surface area (Å²) in [6.45, 7) is 0. The third-order valence-electron chi connectivity index (χ3n) is 3.17. The van der Waals surface area contributed by atoms with E-state index in [0.29, 0.717) is 27.5 Å². The molecule has 24 heavy (non-hydrogen) atoms. The zero-order valence-corrected chi connectivity index (χ0v) is 14.2. The normalized spacial score (nSPS) is 17.0. The molecule has 2 aromatic rings. The third-order valence-corrected chi connectivity index (χ3v) is 4.52. The van der Waals surface area contributed by atoms with Gasteiger partial charge in [-0.1, -0.05) is 0 Å². The number of nitrogens with zero attached hydrogens (tertiary/aromatic N) is 3. The molecule has 2 aliphatic heterocycles. The molecule has 11 heteroatoms. The molecule has 1 amide bonds. The number of H-pyrrole nitrogens is 1. The zero-order chi connectivity index (χ0) is 16.8. The second-order valence-electron chi connectivity index (χ2n) is 4.74. The number of fused-ring (bicyclic) bond motifs is 3. The molecule has 0 aromatic carbocycles. The number of nitrogens with one attached hydrogen (secondary N) is 2. The standard InChI is InChI=1S/C13H8N6O2S3/c14-11(22)16-8-7-9(18-12(23)17-8)19-10(20)6(15-13(19)24-7)4-5-2-1-3-21-5/h1-4H,(H4,14,16,17,18,22,23)/b6-4-. The predicted molar refractivity (Wildman–Crippen MR) is 97.3 cm³/mol. The molecule has 0 radical (unpaired) electrons. The van der Waals surface area contributed by atoms with Gasteiger partial charge in [-0.25, -0.2) is 14.9 Å². The lowest BCUT2D eigenvalue weighted by molar-refractivity contribution is -0.113. The Labute approximate surface area is 149 Å². The minimum atomic E-state index is -0.304. The van der Waals surface area contributed by atoms with E-state index in [4.69, 9.17) is 34.6 Å². The molecular weight excluding hydrogens is 368 g/mol. The fraction of sp³-hybridized carbons (Fsp3) is 0. The summed E-state index contributed by atoms with van der Waals surface area (Å²) in [7, 11) is 0. The summed E-state index contributed by atoms with van der Waals surface area (Å²) in [6, 6.07) is 3.47. The molecule has 0 saturated heterocycles. The summed E-state index contributed by atoms with van der Waals surface area (Å²) in [5.41, 5.74) is 5.78. The summed E-state index contributed by atoms with van der Waals surface area (Å²) in [4.78, 5) is 26.2. The van der Waals surface area contributed by atoms with Gasteiger partial charge in [-0.3, -0.25) is 4.79 Å². The molecule has 4 rings (SSSR count). The number of hydrogen-bond acceptors (Lipinski definition) is 7. The lowest BCUT2D eigenvalue weighted by Crippen LogP contribution is -2.28. The maximum atomic E-state index is 12.7. The van der Waals surface area contributed by atoms with Crippen molar-refractivity contribution in [1.29, 1.82) is 0 Å². The first-order chi connectivity index (χ1) is 11.5. The first-order valence-electron chi connectivity index (χ1n) is 6.60. The summed E-state index contributed by atoms with van der Waals surface area (Å²) < 4.78 is 5.42. The minimum absolute atomic E-state index is 0.0772. The topological polar surface area (TPSA) is 113 Å². The monoisotopic (exact) mass is 376 g/mol. The van der Waals surface area contributed by atoms with E-state index >= 15 is 0 Å². The van der Waals surface area contributed by atoms with E-state index in [2.05, 4.69) is 20.3 Å². The highest BCUT2D eigenvalue weighted by atomic mass is 32.2. The van der Waals surface area contributed by atoms with Crippen LogP contribution in [0, 0.1) is 4.77 Å². The molecule has 8 nitrogen and oxygen atoms in total. The van der Waals surface area contributed by atoms with E-state index in [-0.39, 0.29) is 21.5 Å². The molecule has 0 spiro atoms. The maximum Gasteiger partial charge on any atom is 0.284 e. The number of thioether (sulfide) groups is 1. The van der Waals surface area contributed by atoms with Crippen LogP contribution in [0.2, 0.25) is 0 Å². The number of carbonyl (C=O) groups is 1. The highest BCUT2D eigenvalue weighted by Gasteiger charge is 2.41. The Bertz CT molecular complexity index is 992. The van der Waals surface area contributed by atoms with Crippen molar-refractivity contribution in [3.63, 3.8) is 0 Å². The summed E-state index contributed by atoms with van der Waals surface area (Å²) >= 11 is 11.2. The Morgan fingerprint density at radius 3 is 3.08 bits per heavy atom. The molecule has 0 atom stereocenters. The molecule has 0 unspecified atom stereocenters. The van der Waals surface area contributed by atoms with Gasteiger partial charge in [0.2, 0.25) is 0 Å². The van der Waals surface area contributed by atoms with Crippen LogP contribution in [0.3, 0.4) is 0 Å². The van der Waals surface area contributed by atoms with Crippen LogP contribution in [0.1, 0.15) is 5.76 Å². The highest BCUT2D eigenvalue weighted by molar-refractivity contribution is 8.15. The van der Waals surface area contributed by atoms with E-state index < -0.39 is 0 Å². The van der Waals surface area contributed by atoms with Crippen LogP contribution in [0.25, 0.3) is 6.08 Å². The molecule has 2 aliphatic rings. The van der Waals surface area contributed by atoms with Crippen molar-refractivity contribution in [2.24, 2.45) is 10.7 Å². The number of thiocarbonyl (C=S) groups is 1. The Morgan fingerprint density at radius 1 is 1.54 bits per heavy atom. The van der Waals surface area contributed by atoms with Gasteiger partial charge in [-0.2, -0.15) is 0 Å². The van der Waals surface area contributed by atoms with Gasteiger partial charge >= 0.3 is 0 Å². The highest BCUT2D eigenvalue weighted by Crippen LogP contribution is 2.46. The number of furan rings is 1. The number of aromatic amines is 1. The molecule has 120 valence electrons. The van der Waals surface area contributed by atoms with Crippen molar-refractivity contribution < 1.29 is 9.21 Å². The van der Waals surface area contributed by atoms with Crippen LogP contribution in [-0.2, 0) is 4.79 Å². The van der Waals surface area contributed by atoms with Crippen LogP contribution in [0.15, 0.2) is 38.4 Å². The first-order valence-corrected chi connectivity index (χ1v) is 8.23. The number of anilines is 2. The number of hydrogen-bond donors (Lipinski definition) is 3. The summed E-state index contributed by atoms with van der Waals surface area (Å²) in [5.74, 6) is 1.13. The smallest absolute Gasteiger partial charge is 0.284 e. The van der Waals surface area contributed by atoms with E-state index in [1.807, 2.05) is 0 Å². The predicted octanol–water partition coefficient (Wildman–Crippen LogP) is 2.24. The van der Waals surface area contributed by atoms with Gasteiger partial charge in [0.1, 0.15) is 17.3 Å². The largest absolute Gasteiger partial charge is 0.465 e. The Kier molecular flexibility index (Phi) is 3.48. The van der Waals surface area contributed by atoms with E-state index in [0.717, 1.165) is 0 Å². The van der Waals surface area contributed by atoms with E-state index in [1.165, 1.54) is 22.9 Å². The van der Waals surface area contributed by atoms with Gasteiger partial charge in [0, 0.05) is 6.08 Å². The van der Waals surface area contributed by atoms with Crippen LogP contribution >= 0.6 is 36.2 Å². The number of aromatic nitrogens is 2. The molecule has 0 bridgehead atoms. The van der Waals surface area contributed by atoms with Crippen LogP contribution in [0.4, 0.5) is 11.6 Å². The molecular formula is C13H8N6O2S3. The van der Waals surface area contributed by atoms with Crippen molar-refractivity contribution in [2.45, 2.75) is 4.90 Å². The van der Waals surface area contributed by atoms with Crippen LogP contribution in [-0.4, -0.2) is 26.2 Å². The van der Waals surface area contributed by atoms with Gasteiger partial charge in [0.25, 0.3) is 5.91 Å². The van der Waals surface area contributed by atoms with Gasteiger partial charge in [-0.15, -0.1) is 0 Å². The van der Waals surface area contributed by atoms with Crippen molar-refractivity contribution in [2.75, 3.05) is 10.2 Å². The zero-order valence-electron chi connectivity index (χ0n) is 11.8. The van der Waals surface area contributed by atoms with Crippen molar-refractivity contribution in [3.8, 4) is 0 Å². The third kappa shape index (κ3) is 2.42. The minimum Gasteiger partial charge on any atom is -0.465 e. The van der Waals surface area contributed by atoms with Gasteiger partial charge in [0.05, 0.1) is 11.2 Å². The van der Waals surface area contributed by atoms with Gasteiger partial charge < -0.3 is 20.5 Å². The lowest BCUT2D eigenvalue weighted by Gasteiger charge is -2.11. The number of amidine groups is 1. The summed E-state index contributed by atoms with van der Waals surface area (Å²) in [6.07, 6.45) is 3.10. The number of aliphatic imine (C=N–C) groups is 1. The van der Waals surface area contributed by atoms with Crippen LogP contribution < -0.4 is 16.0 Å². The summed E-state index contributed by atoms with van der Waals surface area (Å²) in [5, 5.41) is 3.36. The number of amides is 1. The van der Waals surface area contributed by atoms with E-state index in [9.17, 15) is 4.79 Å². The van der Waals surface area contributed by atoms with E-state index in [1.54, 1.807) is 18.2 Å². The van der Waals surface area contributed by atoms with Crippen molar-refractivity contribution >= 4 is 70.1 Å². The average Bonchev–Trinajstić information content (AvgIpc) is 3.18. The molecule has 4 heterocycles. The van der Waals surface area contributed by atoms with Crippen molar-refractivity contribution in [1.82, 2.24) is 9.97 Å². The molecule has 0 aliphatic carbocycles. The maximum absolute atomic E-state index is 12.7. The quantitative estimate of drug-likeness (QED) is 0.540.